The number of nitrogens with zero attached hydrogens (tertiary/aromatic N) is 3. The maximum absolute atomic E-state index is 7.04. The molecular weight excluding hydrogens is 771 g/mol. The lowest BCUT2D eigenvalue weighted by molar-refractivity contribution is 0.360. The number of benzene rings is 8. The van der Waals surface area contributed by atoms with Crippen molar-refractivity contribution in [3.8, 4) is 90.4 Å². The van der Waals surface area contributed by atoms with Crippen LogP contribution in [0.15, 0.2) is 225 Å². The zero-order valence-electron chi connectivity index (χ0n) is 34.0. The lowest BCUT2D eigenvalue weighted by Gasteiger charge is -2.34. The molecule has 1 aliphatic carbocycles. The third kappa shape index (κ3) is 6.13. The van der Waals surface area contributed by atoms with Crippen LogP contribution in [-0.4, -0.2) is 15.0 Å². The Kier molecular flexibility index (Phi) is 8.64. The van der Waals surface area contributed by atoms with E-state index in [2.05, 4.69) is 175 Å². The molecule has 8 aromatic carbocycles. The third-order valence-corrected chi connectivity index (χ3v) is 12.3. The van der Waals surface area contributed by atoms with Crippen molar-refractivity contribution in [2.24, 2.45) is 0 Å². The monoisotopic (exact) mass is 807 g/mol. The van der Waals surface area contributed by atoms with Gasteiger partial charge in [0.2, 0.25) is 0 Å². The van der Waals surface area contributed by atoms with E-state index in [9.17, 15) is 0 Å². The van der Waals surface area contributed by atoms with Crippen LogP contribution in [0.3, 0.4) is 0 Å². The lowest BCUT2D eigenvalue weighted by Crippen LogP contribution is -2.28. The molecule has 12 rings (SSSR count). The quantitative estimate of drug-likeness (QED) is 0.161. The van der Waals surface area contributed by atoms with Gasteiger partial charge in [0.25, 0.3) is 0 Å². The van der Waals surface area contributed by atoms with Gasteiger partial charge in [-0.1, -0.05) is 170 Å². The molecule has 0 N–H and O–H groups in total. The van der Waals surface area contributed by atoms with Crippen molar-refractivity contribution in [2.75, 3.05) is 0 Å². The molecule has 0 radical (unpaired) electrons. The molecule has 296 valence electrons. The normalized spacial score (nSPS) is 12.8. The highest BCUT2D eigenvalue weighted by Gasteiger charge is 2.48. The van der Waals surface area contributed by atoms with E-state index in [-0.39, 0.29) is 0 Å². The zero-order chi connectivity index (χ0) is 41.7. The third-order valence-electron chi connectivity index (χ3n) is 12.3. The highest BCUT2D eigenvalue weighted by atomic mass is 16.6. The minimum Gasteiger partial charge on any atom is -0.449 e. The fourth-order valence-corrected chi connectivity index (χ4v) is 9.43. The van der Waals surface area contributed by atoms with Gasteiger partial charge in [-0.15, -0.1) is 0 Å². The van der Waals surface area contributed by atoms with Gasteiger partial charge in [0.1, 0.15) is 0 Å². The van der Waals surface area contributed by atoms with Crippen molar-refractivity contribution in [1.82, 2.24) is 15.0 Å². The van der Waals surface area contributed by atoms with Gasteiger partial charge in [0, 0.05) is 34.0 Å². The first kappa shape index (κ1) is 36.4. The second-order valence-corrected chi connectivity index (χ2v) is 15.9. The molecule has 0 fully saturated rings. The summed E-state index contributed by atoms with van der Waals surface area (Å²) in [5, 5.41) is 0. The smallest absolute Gasteiger partial charge is 0.178 e. The predicted molar refractivity (Wildman–Crippen MR) is 251 cm³/mol. The van der Waals surface area contributed by atoms with Crippen LogP contribution in [0.4, 0.5) is 0 Å². The minimum atomic E-state index is -0.543. The van der Waals surface area contributed by atoms with Crippen LogP contribution in [0.1, 0.15) is 22.3 Å². The lowest BCUT2D eigenvalue weighted by atomic mass is 9.68. The molecule has 0 unspecified atom stereocenters. The molecule has 3 heterocycles. The van der Waals surface area contributed by atoms with Gasteiger partial charge in [0.15, 0.2) is 28.8 Å². The molecule has 0 spiro atoms. The van der Waals surface area contributed by atoms with Crippen LogP contribution in [0.25, 0.3) is 67.4 Å². The van der Waals surface area contributed by atoms with Gasteiger partial charge < -0.3 is 9.47 Å². The van der Waals surface area contributed by atoms with E-state index >= 15 is 0 Å². The summed E-state index contributed by atoms with van der Waals surface area (Å²) in [5.41, 5.74) is 14.9. The maximum Gasteiger partial charge on any atom is 0.178 e. The highest BCUT2D eigenvalue weighted by molar-refractivity contribution is 5.92. The molecule has 5 heteroatoms. The number of fused-ring (bicyclic) bond motifs is 6. The van der Waals surface area contributed by atoms with Crippen molar-refractivity contribution in [3.05, 3.63) is 247 Å². The van der Waals surface area contributed by atoms with E-state index in [4.69, 9.17) is 19.4 Å². The topological polar surface area (TPSA) is 57.1 Å². The van der Waals surface area contributed by atoms with Crippen molar-refractivity contribution in [1.29, 1.82) is 0 Å². The van der Waals surface area contributed by atoms with Crippen molar-refractivity contribution in [3.63, 3.8) is 0 Å². The van der Waals surface area contributed by atoms with Gasteiger partial charge in [-0.2, -0.15) is 0 Å². The maximum atomic E-state index is 7.04. The molecule has 0 amide bonds. The highest BCUT2D eigenvalue weighted by Crippen LogP contribution is 2.62. The number of ether oxygens (including phenoxy) is 2. The van der Waals surface area contributed by atoms with E-state index in [0.29, 0.717) is 23.1 Å². The van der Waals surface area contributed by atoms with Gasteiger partial charge in [-0.25, -0.2) is 9.97 Å². The summed E-state index contributed by atoms with van der Waals surface area (Å²) in [7, 11) is 0. The van der Waals surface area contributed by atoms with Crippen LogP contribution in [0, 0.1) is 0 Å². The second-order valence-electron chi connectivity index (χ2n) is 15.9. The summed E-state index contributed by atoms with van der Waals surface area (Å²) in [5.74, 6) is 3.40. The van der Waals surface area contributed by atoms with E-state index in [1.165, 1.54) is 22.3 Å². The van der Waals surface area contributed by atoms with Gasteiger partial charge in [-0.05, 0) is 87.5 Å². The molecule has 0 bridgehead atoms. The fourth-order valence-electron chi connectivity index (χ4n) is 9.43. The van der Waals surface area contributed by atoms with Crippen LogP contribution < -0.4 is 9.47 Å². The van der Waals surface area contributed by atoms with Crippen LogP contribution in [0.2, 0.25) is 0 Å². The minimum absolute atomic E-state index is 0.543. The molecule has 10 aromatic rings. The molecule has 1 aliphatic heterocycles. The average Bonchev–Trinajstić information content (AvgIpc) is 3.68. The summed E-state index contributed by atoms with van der Waals surface area (Å²) in [4.78, 5) is 14.9. The number of aromatic nitrogens is 3. The van der Waals surface area contributed by atoms with E-state index in [1.54, 1.807) is 0 Å². The first-order valence-corrected chi connectivity index (χ1v) is 21.2. The average molecular weight is 808 g/mol. The summed E-state index contributed by atoms with van der Waals surface area (Å²) < 4.78 is 13.7. The zero-order valence-corrected chi connectivity index (χ0v) is 34.0. The van der Waals surface area contributed by atoms with Gasteiger partial charge >= 0.3 is 0 Å². The summed E-state index contributed by atoms with van der Waals surface area (Å²) in [6.07, 6.45) is 1.81. The Labute approximate surface area is 365 Å². The SMILES string of the molecule is c1ccc(-c2cc(-c3cccc(-c4ccc5c(c4)Oc4c(ccc6c4-c4ccccc4C6(c4ccccc4)c4ccccc4)O5)c3)nc(-c3cccc(-c4ccccn4)c3)n2)cc1. The van der Waals surface area contributed by atoms with Gasteiger partial charge in [0.05, 0.1) is 22.5 Å². The Hall–Kier alpha value is -8.41. The van der Waals surface area contributed by atoms with E-state index < -0.39 is 5.41 Å². The van der Waals surface area contributed by atoms with Crippen molar-refractivity contribution >= 4 is 0 Å². The van der Waals surface area contributed by atoms with E-state index in [0.717, 1.165) is 67.3 Å². The number of rotatable bonds is 7. The molecule has 0 saturated carbocycles. The molecule has 0 saturated heterocycles. The molecular formula is C58H37N3O2. The van der Waals surface area contributed by atoms with Gasteiger partial charge in [-0.3, -0.25) is 4.98 Å². The standard InChI is InChI=1S/C58H37N3O2/c1-4-16-38(17-5-1)50-37-51(61-57(60-50)43-21-15-19-41(35-43)49-28-12-13-33-59-49)42-20-14-18-39(34-42)40-29-31-52-54(36-40)63-56-53(62-52)32-30-48-55(56)46-26-10-11-27-47(46)58(48,44-22-6-2-7-23-44)45-24-8-3-9-25-45/h1-37H. The fraction of sp³-hybridized carbons (Fsp3) is 0.0172. The molecule has 2 aromatic heterocycles. The first-order valence-electron chi connectivity index (χ1n) is 21.2. The molecule has 5 nitrogen and oxygen atoms in total. The van der Waals surface area contributed by atoms with Crippen LogP contribution in [-0.2, 0) is 5.41 Å². The number of hydrogen-bond acceptors (Lipinski definition) is 5. The van der Waals surface area contributed by atoms with Crippen molar-refractivity contribution < 1.29 is 9.47 Å². The predicted octanol–water partition coefficient (Wildman–Crippen LogP) is 14.5. The second kappa shape index (κ2) is 14.9. The summed E-state index contributed by atoms with van der Waals surface area (Å²) in [6.45, 7) is 0. The Morgan fingerprint density at radius 3 is 1.68 bits per heavy atom. The number of hydrogen-bond donors (Lipinski definition) is 0. The largest absolute Gasteiger partial charge is 0.449 e. The van der Waals surface area contributed by atoms with E-state index in [1.807, 2.05) is 54.7 Å². The Morgan fingerprint density at radius 1 is 0.349 bits per heavy atom. The Balaban J connectivity index is 0.943. The Morgan fingerprint density at radius 2 is 0.937 bits per heavy atom. The molecule has 0 atom stereocenters. The summed E-state index contributed by atoms with van der Waals surface area (Å²) >= 11 is 0. The van der Waals surface area contributed by atoms with Crippen LogP contribution in [0.5, 0.6) is 23.0 Å². The van der Waals surface area contributed by atoms with Crippen molar-refractivity contribution in [2.45, 2.75) is 5.41 Å². The molecule has 63 heavy (non-hydrogen) atoms. The number of pyridine rings is 1. The first-order chi connectivity index (χ1) is 31.2. The Bertz CT molecular complexity index is 3300. The summed E-state index contributed by atoms with van der Waals surface area (Å²) in [6, 6.07) is 75.8. The van der Waals surface area contributed by atoms with Crippen LogP contribution >= 0.6 is 0 Å². The molecule has 2 aliphatic rings.